The molecule has 0 N–H and O–H groups in total. The van der Waals surface area contributed by atoms with Crippen molar-refractivity contribution in [3.05, 3.63) is 75.8 Å². The predicted octanol–water partition coefficient (Wildman–Crippen LogP) is 5.49. The lowest BCUT2D eigenvalue weighted by atomic mass is 9.97. The van der Waals surface area contributed by atoms with Gasteiger partial charge >= 0.3 is 11.9 Å². The summed E-state index contributed by atoms with van der Waals surface area (Å²) in [6.45, 7) is 11.3. The number of methoxy groups -OCH3 is 1. The normalized spacial score (nSPS) is 14.4. The molecule has 1 aliphatic heterocycles. The Labute approximate surface area is 248 Å². The molecule has 0 fully saturated rings. The van der Waals surface area contributed by atoms with Gasteiger partial charge in [0.15, 0.2) is 12.4 Å². The van der Waals surface area contributed by atoms with E-state index in [0.29, 0.717) is 11.7 Å². The molecule has 1 aromatic carbocycles. The van der Waals surface area contributed by atoms with Crippen molar-refractivity contribution in [2.24, 2.45) is 4.99 Å². The summed E-state index contributed by atoms with van der Waals surface area (Å²) >= 11 is 1.66. The van der Waals surface area contributed by atoms with Crippen LogP contribution in [0.15, 0.2) is 47.6 Å². The van der Waals surface area contributed by atoms with E-state index in [2.05, 4.69) is 29.0 Å². The number of aryl methyl sites for hydroxylation is 2. The topological polar surface area (TPSA) is 118 Å². The van der Waals surface area contributed by atoms with Gasteiger partial charge in [-0.15, -0.1) is 21.5 Å². The number of thiophene rings is 1. The van der Waals surface area contributed by atoms with E-state index in [4.69, 9.17) is 19.2 Å². The minimum absolute atomic E-state index is 0.0528. The van der Waals surface area contributed by atoms with Crippen LogP contribution in [0.25, 0.3) is 16.1 Å². The number of rotatable bonds is 7. The van der Waals surface area contributed by atoms with Crippen molar-refractivity contribution >= 4 is 29.0 Å². The van der Waals surface area contributed by atoms with E-state index >= 15 is 0 Å². The molecule has 42 heavy (non-hydrogen) atoms. The van der Waals surface area contributed by atoms with Crippen LogP contribution in [0.3, 0.4) is 0 Å². The Hall–Kier alpha value is -4.38. The molecule has 4 heterocycles. The van der Waals surface area contributed by atoms with Crippen LogP contribution in [0.5, 0.6) is 5.88 Å². The summed E-state index contributed by atoms with van der Waals surface area (Å²) in [6.07, 6.45) is 1.76. The molecule has 0 bridgehead atoms. The minimum atomic E-state index is -0.574. The molecular weight excluding hydrogens is 554 g/mol. The number of nitrogens with zero attached hydrogens (tertiary/aromatic N) is 5. The number of benzene rings is 1. The number of aliphatic imine (C=N–C) groups is 1. The summed E-state index contributed by atoms with van der Waals surface area (Å²) in [5.74, 6) is 0.874. The maximum absolute atomic E-state index is 12.4. The third kappa shape index (κ3) is 5.96. The number of carbonyl (C=O) groups is 2. The summed E-state index contributed by atoms with van der Waals surface area (Å²) in [5, 5.41) is 9.71. The Morgan fingerprint density at radius 2 is 1.64 bits per heavy atom. The number of ether oxygens (including phenoxy) is 3. The monoisotopic (exact) mass is 587 g/mol. The number of carbonyl (C=O) groups excluding carboxylic acids is 2. The van der Waals surface area contributed by atoms with Gasteiger partial charge in [-0.25, -0.2) is 9.78 Å². The Morgan fingerprint density at radius 1 is 0.952 bits per heavy atom. The lowest BCUT2D eigenvalue weighted by molar-refractivity contribution is -0.157. The molecule has 0 spiro atoms. The first-order valence-electron chi connectivity index (χ1n) is 13.5. The number of hydrogen-bond donors (Lipinski definition) is 0. The number of hydrogen-bond acceptors (Lipinski definition) is 10. The van der Waals surface area contributed by atoms with Crippen molar-refractivity contribution in [2.75, 3.05) is 13.7 Å². The fourth-order valence-corrected chi connectivity index (χ4v) is 5.94. The summed E-state index contributed by atoms with van der Waals surface area (Å²) < 4.78 is 17.7. The first-order valence-corrected chi connectivity index (χ1v) is 14.4. The van der Waals surface area contributed by atoms with Crippen molar-refractivity contribution in [1.82, 2.24) is 19.7 Å². The second-order valence-corrected chi connectivity index (χ2v) is 12.2. The molecule has 0 saturated carbocycles. The van der Waals surface area contributed by atoms with Crippen LogP contribution < -0.4 is 4.74 Å². The van der Waals surface area contributed by atoms with E-state index in [-0.39, 0.29) is 19.0 Å². The zero-order valence-corrected chi connectivity index (χ0v) is 25.5. The molecule has 10 nitrogen and oxygen atoms in total. The number of esters is 2. The molecular formula is C31H33N5O5S. The maximum Gasteiger partial charge on any atom is 0.344 e. The Kier molecular flexibility index (Phi) is 7.96. The Balaban J connectivity index is 1.44. The van der Waals surface area contributed by atoms with E-state index in [1.54, 1.807) is 44.4 Å². The van der Waals surface area contributed by atoms with Crippen molar-refractivity contribution in [3.63, 3.8) is 0 Å². The van der Waals surface area contributed by atoms with Crippen molar-refractivity contribution in [1.29, 1.82) is 0 Å². The lowest BCUT2D eigenvalue weighted by Crippen LogP contribution is -2.27. The van der Waals surface area contributed by atoms with E-state index < -0.39 is 17.6 Å². The molecule has 3 aromatic heterocycles. The smallest absolute Gasteiger partial charge is 0.344 e. The van der Waals surface area contributed by atoms with Gasteiger partial charge in [-0.2, -0.15) is 0 Å². The molecule has 0 unspecified atom stereocenters. The highest BCUT2D eigenvalue weighted by Gasteiger charge is 2.32. The second-order valence-electron chi connectivity index (χ2n) is 11.0. The van der Waals surface area contributed by atoms with E-state index in [0.717, 1.165) is 44.4 Å². The van der Waals surface area contributed by atoms with Gasteiger partial charge in [0.1, 0.15) is 22.5 Å². The summed E-state index contributed by atoms with van der Waals surface area (Å²) in [7, 11) is 1.37. The Morgan fingerprint density at radius 3 is 2.29 bits per heavy atom. The predicted molar refractivity (Wildman–Crippen MR) is 159 cm³/mol. The first-order chi connectivity index (χ1) is 19.9. The molecule has 4 aromatic rings. The molecule has 0 aliphatic carbocycles. The fraction of sp³-hybridized carbons (Fsp3) is 0.355. The first kappa shape index (κ1) is 29.1. The van der Waals surface area contributed by atoms with Crippen LogP contribution in [-0.2, 0) is 19.1 Å². The molecule has 0 saturated heterocycles. The number of aromatic nitrogens is 4. The summed E-state index contributed by atoms with van der Waals surface area (Å²) in [4.78, 5) is 34.9. The SMILES string of the molecule is COC(=O)C[C@@H]1N=C(c2ccc(-c3ccc(OCC(=O)OC(C)(C)C)nc3)cc2)c2c(sc(C)c2C)-n2c(C)nnc21. The fourth-order valence-electron chi connectivity index (χ4n) is 4.73. The molecule has 1 aliphatic rings. The van der Waals surface area contributed by atoms with Crippen LogP contribution in [-0.4, -0.2) is 56.7 Å². The molecule has 0 radical (unpaired) electrons. The van der Waals surface area contributed by atoms with E-state index in [1.165, 1.54) is 12.0 Å². The zero-order valence-electron chi connectivity index (χ0n) is 24.7. The molecule has 5 rings (SSSR count). The average molecular weight is 588 g/mol. The van der Waals surface area contributed by atoms with Gasteiger partial charge in [-0.3, -0.25) is 14.4 Å². The van der Waals surface area contributed by atoms with Crippen molar-refractivity contribution in [3.8, 4) is 22.0 Å². The average Bonchev–Trinajstić information content (AvgIpc) is 3.43. The van der Waals surface area contributed by atoms with Gasteiger partial charge in [-0.05, 0) is 58.7 Å². The van der Waals surface area contributed by atoms with E-state index in [9.17, 15) is 9.59 Å². The maximum atomic E-state index is 12.4. The minimum Gasteiger partial charge on any atom is -0.469 e. The highest BCUT2D eigenvalue weighted by molar-refractivity contribution is 7.15. The zero-order chi connectivity index (χ0) is 30.2. The van der Waals surface area contributed by atoms with Gasteiger partial charge in [-0.1, -0.05) is 24.3 Å². The van der Waals surface area contributed by atoms with Gasteiger partial charge in [0.2, 0.25) is 5.88 Å². The number of pyridine rings is 1. The van der Waals surface area contributed by atoms with Gasteiger partial charge in [0.25, 0.3) is 0 Å². The highest BCUT2D eigenvalue weighted by Crippen LogP contribution is 2.39. The van der Waals surface area contributed by atoms with Crippen LogP contribution in [0, 0.1) is 20.8 Å². The number of fused-ring (bicyclic) bond motifs is 3. The highest BCUT2D eigenvalue weighted by atomic mass is 32.1. The van der Waals surface area contributed by atoms with Gasteiger partial charge in [0, 0.05) is 33.8 Å². The molecule has 1 atom stereocenters. The molecule has 218 valence electrons. The third-order valence-electron chi connectivity index (χ3n) is 6.81. The van der Waals surface area contributed by atoms with Crippen molar-refractivity contribution in [2.45, 2.75) is 59.6 Å². The van der Waals surface area contributed by atoms with Gasteiger partial charge in [0.05, 0.1) is 19.2 Å². The van der Waals surface area contributed by atoms with Crippen LogP contribution in [0.4, 0.5) is 0 Å². The van der Waals surface area contributed by atoms with Gasteiger partial charge < -0.3 is 14.2 Å². The summed E-state index contributed by atoms with van der Waals surface area (Å²) in [6, 6.07) is 11.1. The quantitative estimate of drug-likeness (QED) is 0.261. The molecule has 11 heteroatoms. The third-order valence-corrected chi connectivity index (χ3v) is 8.01. The van der Waals surface area contributed by atoms with Crippen molar-refractivity contribution < 1.29 is 23.8 Å². The van der Waals surface area contributed by atoms with E-state index in [1.807, 2.05) is 41.8 Å². The lowest BCUT2D eigenvalue weighted by Gasteiger charge is -2.19. The summed E-state index contributed by atoms with van der Waals surface area (Å²) in [5.41, 5.74) is 5.12. The molecule has 0 amide bonds. The van der Waals surface area contributed by atoms with Crippen LogP contribution in [0.1, 0.15) is 66.5 Å². The van der Waals surface area contributed by atoms with Crippen LogP contribution >= 0.6 is 11.3 Å². The largest absolute Gasteiger partial charge is 0.469 e. The Bertz CT molecular complexity index is 1660. The standard InChI is InChI=1S/C31H33N5O5S/c1-17-18(2)42-30-27(17)28(33-23(14-25(37)39-7)29-35-34-19(3)36(29)30)21-10-8-20(9-11-21)22-12-13-24(32-15-22)40-16-26(38)41-31(4,5)6/h8-13,15,23H,14,16H2,1-7H3/t23-/m0/s1. The van der Waals surface area contributed by atoms with Crippen LogP contribution in [0.2, 0.25) is 0 Å². The second kappa shape index (κ2) is 11.5.